The van der Waals surface area contributed by atoms with Gasteiger partial charge in [-0.05, 0) is 88.9 Å². The molecule has 0 bridgehead atoms. The first-order valence-corrected chi connectivity index (χ1v) is 15.4. The van der Waals surface area contributed by atoms with Crippen molar-refractivity contribution in [1.82, 2.24) is 0 Å². The van der Waals surface area contributed by atoms with Gasteiger partial charge in [0.1, 0.15) is 5.75 Å². The van der Waals surface area contributed by atoms with Crippen LogP contribution in [0.3, 0.4) is 0 Å². The van der Waals surface area contributed by atoms with Gasteiger partial charge in [0.05, 0.1) is 31.2 Å². The summed E-state index contributed by atoms with van der Waals surface area (Å²) in [6.45, 7) is 3.57. The Bertz CT molecular complexity index is 1000. The van der Waals surface area contributed by atoms with Crippen molar-refractivity contribution in [2.45, 2.75) is 109 Å². The van der Waals surface area contributed by atoms with E-state index >= 15 is 8.78 Å². The van der Waals surface area contributed by atoms with Gasteiger partial charge in [0.15, 0.2) is 23.7 Å². The summed E-state index contributed by atoms with van der Waals surface area (Å²) in [7, 11) is 0. The highest BCUT2D eigenvalue weighted by atomic mass is 19.3. The molecule has 0 amide bonds. The molecule has 1 aliphatic heterocycles. The maximum absolute atomic E-state index is 15.2. The van der Waals surface area contributed by atoms with Crippen molar-refractivity contribution < 1.29 is 49.7 Å². The van der Waals surface area contributed by atoms with Crippen molar-refractivity contribution in [1.29, 1.82) is 0 Å². The Labute approximate surface area is 242 Å². The van der Waals surface area contributed by atoms with Crippen LogP contribution >= 0.6 is 0 Å². The number of rotatable bonds is 8. The molecular formula is C31H41F7O4. The van der Waals surface area contributed by atoms with E-state index < -0.39 is 53.4 Å². The number of alkyl halides is 4. The van der Waals surface area contributed by atoms with E-state index in [1.807, 2.05) is 0 Å². The summed E-state index contributed by atoms with van der Waals surface area (Å²) in [5.74, 6) is -6.39. The molecule has 1 heterocycles. The Morgan fingerprint density at radius 2 is 1.10 bits per heavy atom. The highest BCUT2D eigenvalue weighted by Gasteiger charge is 2.49. The second kappa shape index (κ2) is 13.2. The number of hydrogen-bond donors (Lipinski definition) is 0. The average Bonchev–Trinajstić information content (AvgIpc) is 2.96. The van der Waals surface area contributed by atoms with Gasteiger partial charge in [-0.15, -0.1) is 0 Å². The van der Waals surface area contributed by atoms with Crippen molar-refractivity contribution in [2.75, 3.05) is 13.2 Å². The largest absolute Gasteiger partial charge is 0.432 e. The van der Waals surface area contributed by atoms with Crippen LogP contribution < -0.4 is 4.74 Å². The molecule has 4 nitrogen and oxygen atoms in total. The van der Waals surface area contributed by atoms with Crippen molar-refractivity contribution >= 4 is 0 Å². The standard InChI is InChI=1S/C31H41F7O4/c1-18-16-39-29(40-17-18)21-4-2-19(3-5-21)20-6-8-22(9-7-20)30(35,36)41-24-12-10-23(11-13-24)31(37,38)42-25-14-26(32)28(34)27(33)15-25/h14-15,18-24,29H,2-13,16-17H2,1H3. The van der Waals surface area contributed by atoms with E-state index in [1.54, 1.807) is 0 Å². The third kappa shape index (κ3) is 7.54. The maximum Gasteiger partial charge on any atom is 0.400 e. The molecule has 0 atom stereocenters. The smallest absolute Gasteiger partial charge is 0.400 e. The molecule has 1 saturated heterocycles. The second-order valence-corrected chi connectivity index (χ2v) is 12.9. The lowest BCUT2D eigenvalue weighted by Gasteiger charge is -2.42. The van der Waals surface area contributed by atoms with Gasteiger partial charge in [-0.1, -0.05) is 6.92 Å². The molecule has 0 aromatic heterocycles. The molecule has 1 aromatic carbocycles. The van der Waals surface area contributed by atoms with E-state index in [-0.39, 0.29) is 32.0 Å². The molecule has 5 rings (SSSR count). The topological polar surface area (TPSA) is 36.9 Å². The number of halogens is 7. The van der Waals surface area contributed by atoms with E-state index in [1.165, 1.54) is 0 Å². The molecule has 3 aliphatic carbocycles. The summed E-state index contributed by atoms with van der Waals surface area (Å²) >= 11 is 0. The van der Waals surface area contributed by atoms with Crippen LogP contribution in [0.25, 0.3) is 0 Å². The van der Waals surface area contributed by atoms with E-state index in [0.29, 0.717) is 48.6 Å². The lowest BCUT2D eigenvalue weighted by atomic mass is 9.69. The third-order valence-corrected chi connectivity index (χ3v) is 9.89. The molecule has 238 valence electrons. The quantitative estimate of drug-likeness (QED) is 0.218. The number of benzene rings is 1. The highest BCUT2D eigenvalue weighted by Crippen LogP contribution is 2.48. The summed E-state index contributed by atoms with van der Waals surface area (Å²) in [6.07, 6.45) is -2.09. The summed E-state index contributed by atoms with van der Waals surface area (Å²) < 4.78 is 121. The van der Waals surface area contributed by atoms with E-state index in [9.17, 15) is 22.0 Å². The molecule has 0 spiro atoms. The SMILES string of the molecule is CC1COC(C2CCC(C3CCC(C(F)(F)OC4CCC(C(F)(F)Oc5cc(F)c(F)c(F)c5)CC4)CC3)CC2)OC1. The van der Waals surface area contributed by atoms with Crippen molar-refractivity contribution in [3.05, 3.63) is 29.6 Å². The predicted octanol–water partition coefficient (Wildman–Crippen LogP) is 8.87. The van der Waals surface area contributed by atoms with Gasteiger partial charge < -0.3 is 18.9 Å². The van der Waals surface area contributed by atoms with Gasteiger partial charge >= 0.3 is 12.2 Å². The minimum atomic E-state index is -3.81. The molecule has 42 heavy (non-hydrogen) atoms. The second-order valence-electron chi connectivity index (χ2n) is 12.9. The highest BCUT2D eigenvalue weighted by molar-refractivity contribution is 5.25. The first-order valence-electron chi connectivity index (χ1n) is 15.4. The molecule has 0 radical (unpaired) electrons. The Hall–Kier alpha value is -1.59. The number of ether oxygens (including phenoxy) is 4. The fraction of sp³-hybridized carbons (Fsp3) is 0.806. The zero-order valence-corrected chi connectivity index (χ0v) is 24.0. The minimum absolute atomic E-state index is 0.0166. The Morgan fingerprint density at radius 1 is 0.643 bits per heavy atom. The zero-order valence-electron chi connectivity index (χ0n) is 24.0. The lowest BCUT2D eigenvalue weighted by Crippen LogP contribution is -2.42. The van der Waals surface area contributed by atoms with Crippen molar-refractivity contribution in [3.63, 3.8) is 0 Å². The summed E-state index contributed by atoms with van der Waals surface area (Å²) in [4.78, 5) is 0. The molecular weight excluding hydrogens is 569 g/mol. The van der Waals surface area contributed by atoms with Gasteiger partial charge in [-0.3, -0.25) is 0 Å². The van der Waals surface area contributed by atoms with Crippen LogP contribution in [0.4, 0.5) is 30.7 Å². The molecule has 1 aromatic rings. The first-order chi connectivity index (χ1) is 19.9. The van der Waals surface area contributed by atoms with Crippen LogP contribution in [-0.2, 0) is 14.2 Å². The van der Waals surface area contributed by atoms with E-state index in [0.717, 1.165) is 51.7 Å². The normalized spacial score (nSPS) is 35.1. The predicted molar refractivity (Wildman–Crippen MR) is 139 cm³/mol. The van der Waals surface area contributed by atoms with Gasteiger partial charge in [0, 0.05) is 24.0 Å². The third-order valence-electron chi connectivity index (χ3n) is 9.89. The van der Waals surface area contributed by atoms with Crippen LogP contribution in [0.15, 0.2) is 12.1 Å². The molecule has 0 unspecified atom stereocenters. The molecule has 3 saturated carbocycles. The van der Waals surface area contributed by atoms with Crippen LogP contribution in [0.2, 0.25) is 0 Å². The minimum Gasteiger partial charge on any atom is -0.432 e. The van der Waals surface area contributed by atoms with Gasteiger partial charge in [0.2, 0.25) is 0 Å². The fourth-order valence-electron chi connectivity index (χ4n) is 7.37. The molecule has 4 aliphatic rings. The monoisotopic (exact) mass is 610 g/mol. The van der Waals surface area contributed by atoms with E-state index in [4.69, 9.17) is 14.2 Å². The molecule has 0 N–H and O–H groups in total. The van der Waals surface area contributed by atoms with Gasteiger partial charge in [-0.25, -0.2) is 13.2 Å². The van der Waals surface area contributed by atoms with Crippen LogP contribution in [0.5, 0.6) is 5.75 Å². The van der Waals surface area contributed by atoms with Crippen molar-refractivity contribution in [3.8, 4) is 5.75 Å². The van der Waals surface area contributed by atoms with Crippen LogP contribution in [0, 0.1) is 53.0 Å². The average molecular weight is 611 g/mol. The molecule has 11 heteroatoms. The Morgan fingerprint density at radius 3 is 1.64 bits per heavy atom. The summed E-state index contributed by atoms with van der Waals surface area (Å²) in [5.41, 5.74) is 0. The summed E-state index contributed by atoms with van der Waals surface area (Å²) in [6, 6.07) is 0.701. The van der Waals surface area contributed by atoms with Crippen LogP contribution in [-0.4, -0.2) is 37.8 Å². The van der Waals surface area contributed by atoms with E-state index in [2.05, 4.69) is 11.7 Å². The lowest BCUT2D eigenvalue weighted by molar-refractivity contribution is -0.306. The van der Waals surface area contributed by atoms with Gasteiger partial charge in [-0.2, -0.15) is 17.6 Å². The van der Waals surface area contributed by atoms with Gasteiger partial charge in [0.25, 0.3) is 0 Å². The summed E-state index contributed by atoms with van der Waals surface area (Å²) in [5, 5.41) is 0. The number of hydrogen-bond acceptors (Lipinski definition) is 4. The van der Waals surface area contributed by atoms with Crippen LogP contribution in [0.1, 0.15) is 84.0 Å². The maximum atomic E-state index is 15.2. The molecule has 4 fully saturated rings. The fourth-order valence-corrected chi connectivity index (χ4v) is 7.37. The zero-order chi connectivity index (χ0) is 30.1. The Balaban J connectivity index is 1.04. The first kappa shape index (κ1) is 31.8. The van der Waals surface area contributed by atoms with Crippen molar-refractivity contribution in [2.24, 2.45) is 35.5 Å². The Kier molecular flexibility index (Phi) is 9.99.